The number of nitrogens with one attached hydrogen (secondary N) is 2. The lowest BCUT2D eigenvalue weighted by Crippen LogP contribution is -2.26. The van der Waals surface area contributed by atoms with Crippen molar-refractivity contribution in [3.05, 3.63) is 39.1 Å². The maximum absolute atomic E-state index is 12.7. The van der Waals surface area contributed by atoms with Crippen molar-refractivity contribution in [2.24, 2.45) is 5.73 Å². The van der Waals surface area contributed by atoms with Crippen LogP contribution in [-0.4, -0.2) is 48.1 Å². The zero-order valence-electron chi connectivity index (χ0n) is 16.6. The number of nitrogens with two attached hydrogens (primary N) is 1. The van der Waals surface area contributed by atoms with Crippen molar-refractivity contribution in [1.29, 1.82) is 0 Å². The third kappa shape index (κ3) is 4.47. The SMILES string of the molecule is COC(=O)c1cc(N2CCC(N)C2)c2nc(NC(=O)c3[nH]c(C)c(Cl)c3Cl)sc2c1.Cl. The van der Waals surface area contributed by atoms with E-state index in [2.05, 4.69) is 20.2 Å². The topological polar surface area (TPSA) is 113 Å². The molecule has 1 fully saturated rings. The standard InChI is InChI=1S/C19H19Cl2N5O3S.ClH/c1-8-13(20)14(21)16(23-8)17(27)25-19-24-15-11(26-4-3-10(22)7-26)5-9(18(28)29-2)6-12(15)30-19;/h5-6,10,23H,3-4,7,22H2,1-2H3,(H,24,25,27);1H. The summed E-state index contributed by atoms with van der Waals surface area (Å²) < 4.78 is 5.63. The summed E-state index contributed by atoms with van der Waals surface area (Å²) in [6.07, 6.45) is 0.850. The van der Waals surface area contributed by atoms with Crippen molar-refractivity contribution < 1.29 is 14.3 Å². The number of anilines is 2. The van der Waals surface area contributed by atoms with Crippen LogP contribution in [0.3, 0.4) is 0 Å². The molecule has 1 aliphatic rings. The molecule has 3 heterocycles. The first-order valence-corrected chi connectivity index (χ1v) is 10.7. The van der Waals surface area contributed by atoms with Crippen molar-refractivity contribution in [2.75, 3.05) is 30.4 Å². The van der Waals surface area contributed by atoms with E-state index in [1.165, 1.54) is 18.4 Å². The first-order chi connectivity index (χ1) is 14.3. The van der Waals surface area contributed by atoms with E-state index < -0.39 is 11.9 Å². The highest BCUT2D eigenvalue weighted by molar-refractivity contribution is 7.22. The predicted molar refractivity (Wildman–Crippen MR) is 127 cm³/mol. The van der Waals surface area contributed by atoms with Gasteiger partial charge in [0.2, 0.25) is 0 Å². The minimum atomic E-state index is -0.452. The number of carbonyl (C=O) groups is 2. The Morgan fingerprint density at radius 2 is 2.10 bits per heavy atom. The molecule has 1 aliphatic heterocycles. The number of carbonyl (C=O) groups excluding carboxylic acids is 2. The highest BCUT2D eigenvalue weighted by Crippen LogP contribution is 2.36. The zero-order valence-corrected chi connectivity index (χ0v) is 19.8. The number of methoxy groups -OCH3 is 1. The molecule has 2 aromatic heterocycles. The second kappa shape index (κ2) is 9.22. The second-order valence-electron chi connectivity index (χ2n) is 7.05. The molecule has 1 unspecified atom stereocenters. The molecular weight excluding hydrogens is 485 g/mol. The minimum absolute atomic E-state index is 0. The predicted octanol–water partition coefficient (Wildman–Crippen LogP) is 4.24. The number of aromatic nitrogens is 2. The number of aromatic amines is 1. The van der Waals surface area contributed by atoms with Crippen molar-refractivity contribution in [1.82, 2.24) is 9.97 Å². The third-order valence-corrected chi connectivity index (χ3v) is 6.83. The molecule has 12 heteroatoms. The van der Waals surface area contributed by atoms with Crippen molar-refractivity contribution in [2.45, 2.75) is 19.4 Å². The van der Waals surface area contributed by atoms with Gasteiger partial charge in [0.15, 0.2) is 5.13 Å². The van der Waals surface area contributed by atoms with Crippen LogP contribution in [0.4, 0.5) is 10.8 Å². The monoisotopic (exact) mass is 503 g/mol. The normalized spacial score (nSPS) is 15.8. The first-order valence-electron chi connectivity index (χ1n) is 9.16. The highest BCUT2D eigenvalue weighted by Gasteiger charge is 2.25. The van der Waals surface area contributed by atoms with Crippen molar-refractivity contribution >= 4 is 79.9 Å². The van der Waals surface area contributed by atoms with Gasteiger partial charge in [-0.3, -0.25) is 10.1 Å². The van der Waals surface area contributed by atoms with Gasteiger partial charge in [-0.15, -0.1) is 12.4 Å². The summed E-state index contributed by atoms with van der Waals surface area (Å²) in [6, 6.07) is 3.52. The van der Waals surface area contributed by atoms with E-state index >= 15 is 0 Å². The van der Waals surface area contributed by atoms with Gasteiger partial charge < -0.3 is 20.4 Å². The Bertz CT molecular complexity index is 1160. The summed E-state index contributed by atoms with van der Waals surface area (Å²) in [4.78, 5) is 34.4. The molecule has 0 radical (unpaired) electrons. The van der Waals surface area contributed by atoms with Crippen molar-refractivity contribution in [3.8, 4) is 0 Å². The van der Waals surface area contributed by atoms with Crippen LogP contribution in [0, 0.1) is 6.92 Å². The summed E-state index contributed by atoms with van der Waals surface area (Å²) in [5.41, 5.74) is 8.71. The molecule has 0 aliphatic carbocycles. The Kier molecular flexibility index (Phi) is 7.02. The molecule has 4 rings (SSSR count). The number of halogens is 3. The van der Waals surface area contributed by atoms with Crippen LogP contribution in [0.15, 0.2) is 12.1 Å². The molecule has 3 aromatic rings. The number of nitrogens with zero attached hydrogens (tertiary/aromatic N) is 2. The van der Waals surface area contributed by atoms with Gasteiger partial charge in [-0.1, -0.05) is 34.5 Å². The summed E-state index contributed by atoms with van der Waals surface area (Å²) >= 11 is 13.5. The second-order valence-corrected chi connectivity index (χ2v) is 8.84. The third-order valence-electron chi connectivity index (χ3n) is 4.96. The Hall–Kier alpha value is -2.04. The Morgan fingerprint density at radius 3 is 2.68 bits per heavy atom. The number of hydrogen-bond acceptors (Lipinski definition) is 7. The van der Waals surface area contributed by atoms with Crippen LogP contribution in [0.25, 0.3) is 10.2 Å². The average Bonchev–Trinajstić information content (AvgIpc) is 3.40. The lowest BCUT2D eigenvalue weighted by Gasteiger charge is -2.19. The molecule has 1 atom stereocenters. The van der Waals surface area contributed by atoms with E-state index in [0.717, 1.165) is 23.4 Å². The molecule has 8 nitrogen and oxygen atoms in total. The van der Waals surface area contributed by atoms with Gasteiger partial charge in [-0.25, -0.2) is 9.78 Å². The molecule has 4 N–H and O–H groups in total. The Balaban J connectivity index is 0.00000272. The molecule has 0 saturated carbocycles. The van der Waals surface area contributed by atoms with Crippen LogP contribution in [0.1, 0.15) is 33.0 Å². The number of esters is 1. The Labute approximate surface area is 198 Å². The van der Waals surface area contributed by atoms with Crippen LogP contribution >= 0.6 is 46.9 Å². The lowest BCUT2D eigenvalue weighted by atomic mass is 10.1. The molecule has 1 saturated heterocycles. The number of aryl methyl sites for hydroxylation is 1. The van der Waals surface area contributed by atoms with Gasteiger partial charge in [0.1, 0.15) is 11.2 Å². The molecule has 31 heavy (non-hydrogen) atoms. The Morgan fingerprint density at radius 1 is 1.35 bits per heavy atom. The van der Waals surface area contributed by atoms with Gasteiger partial charge in [0.05, 0.1) is 33.1 Å². The largest absolute Gasteiger partial charge is 0.465 e. The fraction of sp³-hybridized carbons (Fsp3) is 0.316. The number of fused-ring (bicyclic) bond motifs is 1. The molecule has 0 spiro atoms. The van der Waals surface area contributed by atoms with E-state index in [9.17, 15) is 9.59 Å². The van der Waals surface area contributed by atoms with Crippen LogP contribution in [0.5, 0.6) is 0 Å². The van der Waals surface area contributed by atoms with Crippen molar-refractivity contribution in [3.63, 3.8) is 0 Å². The fourth-order valence-corrected chi connectivity index (χ4v) is 4.77. The maximum atomic E-state index is 12.7. The zero-order chi connectivity index (χ0) is 21.6. The van der Waals surface area contributed by atoms with Gasteiger partial charge in [-0.05, 0) is 25.5 Å². The van der Waals surface area contributed by atoms with E-state index in [4.69, 9.17) is 33.7 Å². The van der Waals surface area contributed by atoms with E-state index in [0.29, 0.717) is 33.5 Å². The first kappa shape index (κ1) is 23.6. The minimum Gasteiger partial charge on any atom is -0.465 e. The fourth-order valence-electron chi connectivity index (χ4n) is 3.44. The molecule has 1 amide bonds. The number of thiazole rings is 1. The number of ether oxygens (including phenoxy) is 1. The average molecular weight is 505 g/mol. The van der Waals surface area contributed by atoms with Crippen LogP contribution in [0.2, 0.25) is 10.0 Å². The summed E-state index contributed by atoms with van der Waals surface area (Å²) in [7, 11) is 1.34. The van der Waals surface area contributed by atoms with E-state index in [1.807, 2.05) is 0 Å². The smallest absolute Gasteiger partial charge is 0.337 e. The molecule has 1 aromatic carbocycles. The molecular formula is C19H20Cl3N5O3S. The van der Waals surface area contributed by atoms with E-state index in [-0.39, 0.29) is 29.2 Å². The number of amides is 1. The van der Waals surface area contributed by atoms with Gasteiger partial charge in [0.25, 0.3) is 5.91 Å². The highest BCUT2D eigenvalue weighted by atomic mass is 35.5. The van der Waals surface area contributed by atoms with Crippen LogP contribution in [-0.2, 0) is 4.74 Å². The van der Waals surface area contributed by atoms with Gasteiger partial charge >= 0.3 is 5.97 Å². The number of benzene rings is 1. The molecule has 0 bridgehead atoms. The van der Waals surface area contributed by atoms with Gasteiger partial charge in [0, 0.05) is 24.8 Å². The van der Waals surface area contributed by atoms with Crippen LogP contribution < -0.4 is 16.0 Å². The number of H-pyrrole nitrogens is 1. The summed E-state index contributed by atoms with van der Waals surface area (Å²) in [5.74, 6) is -0.893. The van der Waals surface area contributed by atoms with Gasteiger partial charge in [-0.2, -0.15) is 0 Å². The summed E-state index contributed by atoms with van der Waals surface area (Å²) in [6.45, 7) is 3.15. The summed E-state index contributed by atoms with van der Waals surface area (Å²) in [5, 5.41) is 3.60. The number of hydrogen-bond donors (Lipinski definition) is 3. The van der Waals surface area contributed by atoms with E-state index in [1.54, 1.807) is 19.1 Å². The number of rotatable bonds is 4. The lowest BCUT2D eigenvalue weighted by molar-refractivity contribution is 0.0601. The quantitative estimate of drug-likeness (QED) is 0.458. The molecule has 166 valence electrons. The maximum Gasteiger partial charge on any atom is 0.337 e.